The van der Waals surface area contributed by atoms with E-state index in [0.29, 0.717) is 12.2 Å². The van der Waals surface area contributed by atoms with E-state index in [4.69, 9.17) is 9.15 Å². The van der Waals surface area contributed by atoms with E-state index in [9.17, 15) is 14.7 Å². The lowest BCUT2D eigenvalue weighted by Crippen LogP contribution is -2.46. The molecule has 136 valence electrons. The maximum atomic E-state index is 13.0. The van der Waals surface area contributed by atoms with Gasteiger partial charge in [-0.05, 0) is 43.4 Å². The molecule has 1 N–H and O–H groups in total. The molecule has 4 rings (SSSR count). The number of fused-ring (bicyclic) bond motifs is 1. The van der Waals surface area contributed by atoms with Crippen molar-refractivity contribution in [2.45, 2.75) is 44.2 Å². The third-order valence-electron chi connectivity index (χ3n) is 5.36. The zero-order valence-corrected chi connectivity index (χ0v) is 14.3. The Kier molecular flexibility index (Phi) is 4.41. The van der Waals surface area contributed by atoms with E-state index in [1.165, 1.54) is 4.90 Å². The fourth-order valence-corrected chi connectivity index (χ4v) is 4.19. The van der Waals surface area contributed by atoms with Crippen molar-refractivity contribution in [3.8, 4) is 11.7 Å². The smallest absolute Gasteiger partial charge is 0.326 e. The van der Waals surface area contributed by atoms with Gasteiger partial charge in [0.1, 0.15) is 11.8 Å². The number of amides is 1. The molecular formula is C20H21NO5. The minimum atomic E-state index is -0.944. The van der Waals surface area contributed by atoms with E-state index in [2.05, 4.69) is 0 Å². The van der Waals surface area contributed by atoms with Gasteiger partial charge in [-0.3, -0.25) is 4.79 Å². The van der Waals surface area contributed by atoms with E-state index >= 15 is 0 Å². The van der Waals surface area contributed by atoms with Crippen LogP contribution in [0.25, 0.3) is 0 Å². The van der Waals surface area contributed by atoms with Crippen molar-refractivity contribution in [1.29, 1.82) is 0 Å². The third-order valence-corrected chi connectivity index (χ3v) is 5.36. The molecule has 1 aliphatic carbocycles. The Morgan fingerprint density at radius 3 is 2.62 bits per heavy atom. The van der Waals surface area contributed by atoms with Gasteiger partial charge in [0.25, 0.3) is 11.9 Å². The molecule has 1 aromatic heterocycles. The van der Waals surface area contributed by atoms with Crippen LogP contribution in [0.15, 0.2) is 46.9 Å². The van der Waals surface area contributed by atoms with Gasteiger partial charge >= 0.3 is 5.97 Å². The Labute approximate surface area is 151 Å². The fourth-order valence-electron chi connectivity index (χ4n) is 4.19. The SMILES string of the molecule is O=C(O)C1CC2CCCCC2N1C(=O)c1ccc(Oc2ccccc2)o1. The van der Waals surface area contributed by atoms with E-state index < -0.39 is 12.0 Å². The number of carboxylic acid groups (broad SMARTS) is 1. The number of para-hydroxylation sites is 1. The lowest BCUT2D eigenvalue weighted by atomic mass is 9.84. The predicted molar refractivity (Wildman–Crippen MR) is 93.2 cm³/mol. The predicted octanol–water partition coefficient (Wildman–Crippen LogP) is 3.93. The third kappa shape index (κ3) is 3.07. The van der Waals surface area contributed by atoms with Crippen LogP contribution in [0.2, 0.25) is 0 Å². The highest BCUT2D eigenvalue weighted by atomic mass is 16.6. The van der Waals surface area contributed by atoms with Crippen molar-refractivity contribution in [2.75, 3.05) is 0 Å². The minimum Gasteiger partial charge on any atom is -0.480 e. The highest BCUT2D eigenvalue weighted by molar-refractivity contribution is 5.95. The van der Waals surface area contributed by atoms with Gasteiger partial charge in [-0.2, -0.15) is 0 Å². The maximum absolute atomic E-state index is 13.0. The largest absolute Gasteiger partial charge is 0.480 e. The standard InChI is InChI=1S/C20H21NO5/c22-19(17-10-11-18(26-17)25-14-7-2-1-3-8-14)21-15-9-5-4-6-13(15)12-16(21)20(23)24/h1-3,7-8,10-11,13,15-16H,4-6,9,12H2,(H,23,24). The highest BCUT2D eigenvalue weighted by Crippen LogP contribution is 2.41. The topological polar surface area (TPSA) is 80.0 Å². The van der Waals surface area contributed by atoms with Crippen molar-refractivity contribution >= 4 is 11.9 Å². The molecule has 3 unspecified atom stereocenters. The van der Waals surface area contributed by atoms with Crippen LogP contribution in [0.5, 0.6) is 11.7 Å². The minimum absolute atomic E-state index is 0.0130. The van der Waals surface area contributed by atoms with Crippen LogP contribution in [0, 0.1) is 5.92 Å². The molecule has 2 fully saturated rings. The highest BCUT2D eigenvalue weighted by Gasteiger charge is 2.48. The summed E-state index contributed by atoms with van der Waals surface area (Å²) in [6.45, 7) is 0. The van der Waals surface area contributed by atoms with Crippen LogP contribution in [-0.2, 0) is 4.79 Å². The molecule has 3 atom stereocenters. The molecule has 1 aromatic carbocycles. The Morgan fingerprint density at radius 1 is 1.08 bits per heavy atom. The van der Waals surface area contributed by atoms with Crippen LogP contribution in [0.4, 0.5) is 0 Å². The Balaban J connectivity index is 1.55. The molecule has 0 spiro atoms. The monoisotopic (exact) mass is 355 g/mol. The number of furan rings is 1. The second kappa shape index (κ2) is 6.86. The summed E-state index contributed by atoms with van der Waals surface area (Å²) in [4.78, 5) is 26.2. The van der Waals surface area contributed by atoms with E-state index in [1.807, 2.05) is 18.2 Å². The van der Waals surface area contributed by atoms with Gasteiger partial charge in [0.15, 0.2) is 5.76 Å². The molecule has 1 amide bonds. The van der Waals surface area contributed by atoms with Crippen LogP contribution in [-0.4, -0.2) is 34.0 Å². The summed E-state index contributed by atoms with van der Waals surface area (Å²) in [5.74, 6) is -0.101. The molecule has 2 aromatic rings. The number of carbonyl (C=O) groups is 2. The summed E-state index contributed by atoms with van der Waals surface area (Å²) in [5.41, 5.74) is 0. The lowest BCUT2D eigenvalue weighted by Gasteiger charge is -2.32. The van der Waals surface area contributed by atoms with Crippen molar-refractivity contribution in [3.63, 3.8) is 0 Å². The molecule has 2 aliphatic rings. The molecule has 2 heterocycles. The zero-order chi connectivity index (χ0) is 18.1. The van der Waals surface area contributed by atoms with E-state index in [-0.39, 0.29) is 29.6 Å². The summed E-state index contributed by atoms with van der Waals surface area (Å²) in [7, 11) is 0. The second-order valence-corrected chi connectivity index (χ2v) is 6.95. The Morgan fingerprint density at radius 2 is 1.85 bits per heavy atom. The van der Waals surface area contributed by atoms with Crippen molar-refractivity contribution in [1.82, 2.24) is 4.90 Å². The number of likely N-dealkylation sites (tertiary alicyclic amines) is 1. The summed E-state index contributed by atoms with van der Waals surface area (Å²) in [6, 6.07) is 11.5. The van der Waals surface area contributed by atoms with E-state index in [0.717, 1.165) is 25.7 Å². The first kappa shape index (κ1) is 16.7. The quantitative estimate of drug-likeness (QED) is 0.899. The molecule has 1 saturated carbocycles. The summed E-state index contributed by atoms with van der Waals surface area (Å²) < 4.78 is 11.2. The second-order valence-electron chi connectivity index (χ2n) is 6.95. The molecular weight excluding hydrogens is 334 g/mol. The molecule has 0 bridgehead atoms. The summed E-state index contributed by atoms with van der Waals surface area (Å²) in [6.07, 6.45) is 4.50. The van der Waals surface area contributed by atoms with Gasteiger partial charge in [0, 0.05) is 12.1 Å². The van der Waals surface area contributed by atoms with Gasteiger partial charge in [0.05, 0.1) is 0 Å². The van der Waals surface area contributed by atoms with Crippen LogP contribution >= 0.6 is 0 Å². The van der Waals surface area contributed by atoms with Gasteiger partial charge in [-0.25, -0.2) is 4.79 Å². The average molecular weight is 355 g/mol. The van der Waals surface area contributed by atoms with Crippen LogP contribution < -0.4 is 4.74 Å². The Bertz CT molecular complexity index is 800. The number of aliphatic carboxylic acids is 1. The summed E-state index contributed by atoms with van der Waals surface area (Å²) in [5, 5.41) is 9.58. The van der Waals surface area contributed by atoms with Crippen molar-refractivity contribution in [2.24, 2.45) is 5.92 Å². The number of ether oxygens (including phenoxy) is 1. The van der Waals surface area contributed by atoms with Crippen LogP contribution in [0.3, 0.4) is 0 Å². The van der Waals surface area contributed by atoms with Gasteiger partial charge < -0.3 is 19.2 Å². The number of nitrogens with zero attached hydrogens (tertiary/aromatic N) is 1. The average Bonchev–Trinajstić information content (AvgIpc) is 3.26. The number of hydrogen-bond acceptors (Lipinski definition) is 4. The molecule has 0 radical (unpaired) electrons. The van der Waals surface area contributed by atoms with Crippen molar-refractivity contribution in [3.05, 3.63) is 48.2 Å². The number of carbonyl (C=O) groups excluding carboxylic acids is 1. The zero-order valence-electron chi connectivity index (χ0n) is 14.3. The number of rotatable bonds is 4. The van der Waals surface area contributed by atoms with Crippen LogP contribution in [0.1, 0.15) is 42.7 Å². The first-order chi connectivity index (χ1) is 12.6. The molecule has 1 aliphatic heterocycles. The number of carboxylic acids is 1. The molecule has 6 nitrogen and oxygen atoms in total. The first-order valence-electron chi connectivity index (χ1n) is 9.01. The molecule has 6 heteroatoms. The lowest BCUT2D eigenvalue weighted by molar-refractivity contribution is -0.141. The van der Waals surface area contributed by atoms with E-state index in [1.54, 1.807) is 24.3 Å². The fraction of sp³-hybridized carbons (Fsp3) is 0.400. The molecule has 1 saturated heterocycles. The first-order valence-corrected chi connectivity index (χ1v) is 9.01. The van der Waals surface area contributed by atoms with Gasteiger partial charge in [-0.15, -0.1) is 0 Å². The maximum Gasteiger partial charge on any atom is 0.326 e. The summed E-state index contributed by atoms with van der Waals surface area (Å²) >= 11 is 0. The number of hydrogen-bond donors (Lipinski definition) is 1. The normalized spacial score (nSPS) is 24.9. The number of benzene rings is 1. The van der Waals surface area contributed by atoms with Crippen molar-refractivity contribution < 1.29 is 23.8 Å². The van der Waals surface area contributed by atoms with Gasteiger partial charge in [0.2, 0.25) is 0 Å². The van der Waals surface area contributed by atoms with Gasteiger partial charge in [-0.1, -0.05) is 31.0 Å². The molecule has 26 heavy (non-hydrogen) atoms. The Hall–Kier alpha value is -2.76.